The highest BCUT2D eigenvalue weighted by atomic mass is 16.4. The average Bonchev–Trinajstić information content (AvgIpc) is 3.08. The van der Waals surface area contributed by atoms with Gasteiger partial charge in [-0.15, -0.1) is 0 Å². The summed E-state index contributed by atoms with van der Waals surface area (Å²) < 4.78 is 0. The molecule has 10 N–H and O–H groups in total. The number of aromatic amines is 1. The van der Waals surface area contributed by atoms with Crippen LogP contribution < -0.4 is 27.8 Å². The number of aromatic nitrogens is 2. The molecular weight excluding hydrogens is 344 g/mol. The van der Waals surface area contributed by atoms with Gasteiger partial charge in [0.1, 0.15) is 6.04 Å². The van der Waals surface area contributed by atoms with E-state index < -0.39 is 29.9 Å². The number of imidazole rings is 1. The average molecular weight is 368 g/mol. The number of nitrogens with one attached hydrogen (secondary N) is 3. The zero-order valence-corrected chi connectivity index (χ0v) is 14.1. The number of guanidine groups is 1. The largest absolute Gasteiger partial charge is 0.480 e. The van der Waals surface area contributed by atoms with Crippen molar-refractivity contribution in [2.24, 2.45) is 22.2 Å². The first kappa shape index (κ1) is 20.9. The van der Waals surface area contributed by atoms with E-state index in [9.17, 15) is 14.4 Å². The third-order valence-electron chi connectivity index (χ3n) is 3.34. The van der Waals surface area contributed by atoms with E-state index in [1.54, 1.807) is 0 Å². The van der Waals surface area contributed by atoms with Crippen LogP contribution in [0.15, 0.2) is 17.5 Å². The van der Waals surface area contributed by atoms with E-state index in [-0.39, 0.29) is 18.9 Å². The number of amides is 2. The SMILES string of the molecule is NC(N)=NCCC[C@@H](N)C(=O)NCC(=O)N[C@@H](Cc1cnc[nH]1)C(=O)O. The summed E-state index contributed by atoms with van der Waals surface area (Å²) >= 11 is 0. The van der Waals surface area contributed by atoms with E-state index in [1.807, 2.05) is 0 Å². The summed E-state index contributed by atoms with van der Waals surface area (Å²) in [5.41, 5.74) is 16.6. The van der Waals surface area contributed by atoms with E-state index in [0.29, 0.717) is 25.1 Å². The molecule has 0 unspecified atom stereocenters. The van der Waals surface area contributed by atoms with Gasteiger partial charge in [-0.3, -0.25) is 14.6 Å². The third-order valence-corrected chi connectivity index (χ3v) is 3.34. The summed E-state index contributed by atoms with van der Waals surface area (Å²) in [7, 11) is 0. The molecule has 0 fully saturated rings. The van der Waals surface area contributed by atoms with E-state index in [2.05, 4.69) is 25.6 Å². The Kier molecular flexibility index (Phi) is 8.57. The highest BCUT2D eigenvalue weighted by Crippen LogP contribution is 1.99. The fraction of sp³-hybridized carbons (Fsp3) is 0.500. The normalized spacial score (nSPS) is 12.7. The molecule has 1 aromatic rings. The topological polar surface area (TPSA) is 215 Å². The highest BCUT2D eigenvalue weighted by Gasteiger charge is 2.21. The predicted molar refractivity (Wildman–Crippen MR) is 92.8 cm³/mol. The van der Waals surface area contributed by atoms with Crippen LogP contribution >= 0.6 is 0 Å². The lowest BCUT2D eigenvalue weighted by Crippen LogP contribution is -2.49. The van der Waals surface area contributed by atoms with Crippen LogP contribution in [0.25, 0.3) is 0 Å². The first-order valence-electron chi connectivity index (χ1n) is 7.87. The van der Waals surface area contributed by atoms with E-state index in [0.717, 1.165) is 0 Å². The summed E-state index contributed by atoms with van der Waals surface area (Å²) in [4.78, 5) is 45.2. The standard InChI is InChI=1S/C14H24N8O4/c15-9(2-1-3-19-14(16)17)12(24)20-6-11(23)22-10(13(25)26)4-8-5-18-7-21-8/h5,7,9-10H,1-4,6,15H2,(H,18,21)(H,20,24)(H,22,23)(H,25,26)(H4,16,17,19)/t9-,10+/m1/s1. The van der Waals surface area contributed by atoms with Gasteiger partial charge in [0.25, 0.3) is 0 Å². The number of carboxylic acids is 1. The van der Waals surface area contributed by atoms with Crippen molar-refractivity contribution in [1.29, 1.82) is 0 Å². The van der Waals surface area contributed by atoms with Crippen molar-refractivity contribution in [2.75, 3.05) is 13.1 Å². The molecule has 1 rings (SSSR count). The molecule has 1 heterocycles. The Bertz CT molecular complexity index is 627. The number of carbonyl (C=O) groups is 3. The number of nitrogens with two attached hydrogens (primary N) is 3. The first-order chi connectivity index (χ1) is 12.3. The Labute approximate surface area is 149 Å². The molecule has 2 amide bonds. The minimum Gasteiger partial charge on any atom is -0.480 e. The molecule has 0 aromatic carbocycles. The molecule has 1 aromatic heterocycles. The lowest BCUT2D eigenvalue weighted by atomic mass is 10.1. The molecule has 12 heteroatoms. The van der Waals surface area contributed by atoms with Gasteiger partial charge in [0.15, 0.2) is 5.96 Å². The molecule has 0 aliphatic carbocycles. The molecule has 12 nitrogen and oxygen atoms in total. The smallest absolute Gasteiger partial charge is 0.326 e. The number of carbonyl (C=O) groups excluding carboxylic acids is 2. The Morgan fingerprint density at radius 3 is 2.65 bits per heavy atom. The Morgan fingerprint density at radius 2 is 2.08 bits per heavy atom. The van der Waals surface area contributed by atoms with Crippen LogP contribution in [0.5, 0.6) is 0 Å². The van der Waals surface area contributed by atoms with Crippen molar-refractivity contribution in [2.45, 2.75) is 31.3 Å². The van der Waals surface area contributed by atoms with Crippen molar-refractivity contribution in [3.05, 3.63) is 18.2 Å². The van der Waals surface area contributed by atoms with E-state index in [1.165, 1.54) is 12.5 Å². The molecule has 144 valence electrons. The highest BCUT2D eigenvalue weighted by molar-refractivity contribution is 5.89. The summed E-state index contributed by atoms with van der Waals surface area (Å²) in [5.74, 6) is -2.40. The van der Waals surface area contributed by atoms with Gasteiger partial charge in [-0.05, 0) is 12.8 Å². The number of carboxylic acid groups (broad SMARTS) is 1. The molecule has 0 aliphatic rings. The first-order valence-corrected chi connectivity index (χ1v) is 7.87. The zero-order chi connectivity index (χ0) is 19.5. The summed E-state index contributed by atoms with van der Waals surface area (Å²) in [6.07, 6.45) is 3.75. The molecule has 0 aliphatic heterocycles. The minimum atomic E-state index is -1.20. The number of hydrogen-bond donors (Lipinski definition) is 7. The van der Waals surface area contributed by atoms with Crippen LogP contribution in [-0.4, -0.2) is 64.0 Å². The van der Waals surface area contributed by atoms with Crippen LogP contribution in [0.2, 0.25) is 0 Å². The van der Waals surface area contributed by atoms with Crippen LogP contribution in [-0.2, 0) is 20.8 Å². The Hall–Kier alpha value is -3.15. The lowest BCUT2D eigenvalue weighted by Gasteiger charge is -2.15. The molecular formula is C14H24N8O4. The fourth-order valence-corrected chi connectivity index (χ4v) is 2.01. The molecule has 0 bridgehead atoms. The second-order valence-corrected chi connectivity index (χ2v) is 5.51. The van der Waals surface area contributed by atoms with Crippen molar-refractivity contribution in [1.82, 2.24) is 20.6 Å². The van der Waals surface area contributed by atoms with Crippen molar-refractivity contribution >= 4 is 23.7 Å². The fourth-order valence-electron chi connectivity index (χ4n) is 2.01. The number of aliphatic imine (C=N–C) groups is 1. The van der Waals surface area contributed by atoms with Crippen molar-refractivity contribution in [3.63, 3.8) is 0 Å². The molecule has 2 atom stereocenters. The van der Waals surface area contributed by atoms with Gasteiger partial charge in [0.2, 0.25) is 11.8 Å². The monoisotopic (exact) mass is 368 g/mol. The molecule has 0 radical (unpaired) electrons. The predicted octanol–water partition coefficient (Wildman–Crippen LogP) is -2.98. The van der Waals surface area contributed by atoms with Crippen LogP contribution in [0.1, 0.15) is 18.5 Å². The number of rotatable bonds is 11. The van der Waals surface area contributed by atoms with Gasteiger partial charge in [-0.2, -0.15) is 0 Å². The minimum absolute atomic E-state index is 0.0391. The van der Waals surface area contributed by atoms with Gasteiger partial charge < -0.3 is 37.9 Å². The second kappa shape index (κ2) is 10.7. The van der Waals surface area contributed by atoms with Crippen molar-refractivity contribution in [3.8, 4) is 0 Å². The van der Waals surface area contributed by atoms with Crippen LogP contribution in [0.4, 0.5) is 0 Å². The number of nitrogens with zero attached hydrogens (tertiary/aromatic N) is 2. The van der Waals surface area contributed by atoms with Gasteiger partial charge >= 0.3 is 5.97 Å². The van der Waals surface area contributed by atoms with Gasteiger partial charge in [-0.1, -0.05) is 0 Å². The maximum atomic E-state index is 11.8. The van der Waals surface area contributed by atoms with Crippen molar-refractivity contribution < 1.29 is 19.5 Å². The quantitative estimate of drug-likeness (QED) is 0.121. The second-order valence-electron chi connectivity index (χ2n) is 5.51. The Morgan fingerprint density at radius 1 is 1.35 bits per heavy atom. The maximum Gasteiger partial charge on any atom is 0.326 e. The van der Waals surface area contributed by atoms with Crippen LogP contribution in [0.3, 0.4) is 0 Å². The third kappa shape index (κ3) is 8.10. The summed E-state index contributed by atoms with van der Waals surface area (Å²) in [6, 6.07) is -1.97. The van der Waals surface area contributed by atoms with Gasteiger partial charge in [-0.25, -0.2) is 9.78 Å². The maximum absolute atomic E-state index is 11.8. The van der Waals surface area contributed by atoms with Crippen LogP contribution in [0, 0.1) is 0 Å². The van der Waals surface area contributed by atoms with E-state index >= 15 is 0 Å². The summed E-state index contributed by atoms with van der Waals surface area (Å²) in [5, 5.41) is 13.8. The zero-order valence-electron chi connectivity index (χ0n) is 14.1. The number of hydrogen-bond acceptors (Lipinski definition) is 6. The number of aliphatic carboxylic acids is 1. The summed E-state index contributed by atoms with van der Waals surface area (Å²) in [6.45, 7) is -0.0368. The lowest BCUT2D eigenvalue weighted by molar-refractivity contribution is -0.141. The van der Waals surface area contributed by atoms with E-state index in [4.69, 9.17) is 22.3 Å². The van der Waals surface area contributed by atoms with Gasteiger partial charge in [0, 0.05) is 24.9 Å². The molecule has 0 saturated heterocycles. The van der Waals surface area contributed by atoms with Gasteiger partial charge in [0.05, 0.1) is 18.9 Å². The molecule has 0 saturated carbocycles. The molecule has 26 heavy (non-hydrogen) atoms. The number of H-pyrrole nitrogens is 1. The molecule has 0 spiro atoms. The Balaban J connectivity index is 2.35.